The lowest BCUT2D eigenvalue weighted by molar-refractivity contribution is -0.121. The molecule has 1 aliphatic heterocycles. The smallest absolute Gasteiger partial charge is 0.233 e. The Bertz CT molecular complexity index is 187. The van der Waals surface area contributed by atoms with E-state index in [1.165, 1.54) is 0 Å². The summed E-state index contributed by atoms with van der Waals surface area (Å²) in [7, 11) is 0. The van der Waals surface area contributed by atoms with E-state index < -0.39 is 0 Å². The molecule has 0 radical (unpaired) electrons. The van der Waals surface area contributed by atoms with Gasteiger partial charge in [-0.05, 0) is 31.8 Å². The second-order valence-corrected chi connectivity index (χ2v) is 3.81. The van der Waals surface area contributed by atoms with Crippen molar-refractivity contribution < 1.29 is 9.90 Å². The van der Waals surface area contributed by atoms with E-state index in [1.807, 2.05) is 0 Å². The van der Waals surface area contributed by atoms with Crippen LogP contribution in [0, 0.1) is 5.92 Å². The number of aliphatic hydroxyl groups excluding tert-OH is 1. The van der Waals surface area contributed by atoms with Crippen molar-refractivity contribution in [1.82, 2.24) is 10.3 Å². The number of hydrogen-bond acceptors (Lipinski definition) is 4. The Morgan fingerprint density at radius 1 is 1.64 bits per heavy atom. The summed E-state index contributed by atoms with van der Waals surface area (Å²) in [5, 5.41) is 8.93. The summed E-state index contributed by atoms with van der Waals surface area (Å²) in [5.41, 5.74) is 2.11. The molecule has 1 saturated heterocycles. The molecular formula is C9H19N3O2. The summed E-state index contributed by atoms with van der Waals surface area (Å²) in [6.45, 7) is 3.19. The number of nitrogens with two attached hydrogens (primary N) is 1. The highest BCUT2D eigenvalue weighted by atomic mass is 16.3. The molecule has 0 bridgehead atoms. The summed E-state index contributed by atoms with van der Waals surface area (Å²) < 4.78 is 0. The quantitative estimate of drug-likeness (QED) is 0.305. The number of aliphatic hydroxyl groups is 1. The van der Waals surface area contributed by atoms with Gasteiger partial charge in [0.1, 0.15) is 0 Å². The van der Waals surface area contributed by atoms with Gasteiger partial charge in [-0.3, -0.25) is 10.2 Å². The van der Waals surface area contributed by atoms with Crippen LogP contribution in [0.5, 0.6) is 0 Å². The largest absolute Gasteiger partial charge is 0.396 e. The van der Waals surface area contributed by atoms with Crippen LogP contribution in [-0.4, -0.2) is 42.2 Å². The lowest BCUT2D eigenvalue weighted by Crippen LogP contribution is -2.31. The van der Waals surface area contributed by atoms with Crippen LogP contribution in [0.25, 0.3) is 0 Å². The number of hydrogen-bond donors (Lipinski definition) is 3. The van der Waals surface area contributed by atoms with Crippen molar-refractivity contribution in [3.05, 3.63) is 0 Å². The summed E-state index contributed by atoms with van der Waals surface area (Å²) in [5.74, 6) is 5.28. The van der Waals surface area contributed by atoms with E-state index in [0.29, 0.717) is 12.3 Å². The molecule has 0 aliphatic carbocycles. The zero-order valence-electron chi connectivity index (χ0n) is 8.41. The third-order valence-electron chi connectivity index (χ3n) is 2.67. The van der Waals surface area contributed by atoms with Crippen molar-refractivity contribution in [2.45, 2.75) is 19.3 Å². The average Bonchev–Trinajstić information content (AvgIpc) is 2.65. The van der Waals surface area contributed by atoms with Crippen molar-refractivity contribution in [2.75, 3.05) is 26.2 Å². The maximum Gasteiger partial charge on any atom is 0.233 e. The molecule has 0 aromatic carbocycles. The highest BCUT2D eigenvalue weighted by Crippen LogP contribution is 2.15. The number of likely N-dealkylation sites (tertiary alicyclic amines) is 1. The first-order chi connectivity index (χ1) is 6.76. The van der Waals surface area contributed by atoms with Crippen LogP contribution >= 0.6 is 0 Å². The molecule has 5 nitrogen and oxygen atoms in total. The second kappa shape index (κ2) is 5.95. The number of carbonyl (C=O) groups excluding carboxylic acids is 1. The third-order valence-corrected chi connectivity index (χ3v) is 2.67. The van der Waals surface area contributed by atoms with Gasteiger partial charge in [0.15, 0.2) is 0 Å². The van der Waals surface area contributed by atoms with Crippen LogP contribution in [0.2, 0.25) is 0 Å². The van der Waals surface area contributed by atoms with E-state index >= 15 is 0 Å². The summed E-state index contributed by atoms with van der Waals surface area (Å²) in [6, 6.07) is 0. The Labute approximate surface area is 84.2 Å². The van der Waals surface area contributed by atoms with Gasteiger partial charge in [-0.2, -0.15) is 0 Å². The van der Waals surface area contributed by atoms with Crippen molar-refractivity contribution in [3.8, 4) is 0 Å². The summed E-state index contributed by atoms with van der Waals surface area (Å²) >= 11 is 0. The van der Waals surface area contributed by atoms with Crippen molar-refractivity contribution >= 4 is 5.91 Å². The molecule has 5 heteroatoms. The van der Waals surface area contributed by atoms with Gasteiger partial charge in [-0.15, -0.1) is 0 Å². The van der Waals surface area contributed by atoms with Crippen molar-refractivity contribution in [1.29, 1.82) is 0 Å². The molecule has 1 atom stereocenters. The van der Waals surface area contributed by atoms with Crippen molar-refractivity contribution in [3.63, 3.8) is 0 Å². The molecule has 0 aromatic heterocycles. The first-order valence-electron chi connectivity index (χ1n) is 5.09. The van der Waals surface area contributed by atoms with Gasteiger partial charge in [-0.1, -0.05) is 0 Å². The van der Waals surface area contributed by atoms with E-state index in [4.69, 9.17) is 10.9 Å². The molecule has 1 heterocycles. The standard InChI is InChI=1S/C9H19N3O2/c10-11-9(14)2-1-4-12-5-3-8(6-12)7-13/h8,13H,1-7,10H2,(H,11,14). The molecule has 4 N–H and O–H groups in total. The summed E-state index contributed by atoms with van der Waals surface area (Å²) in [4.78, 5) is 13.1. The lowest BCUT2D eigenvalue weighted by Gasteiger charge is -2.14. The van der Waals surface area contributed by atoms with Crippen LogP contribution in [-0.2, 0) is 4.79 Å². The first-order valence-corrected chi connectivity index (χ1v) is 5.09. The van der Waals surface area contributed by atoms with Gasteiger partial charge in [0.25, 0.3) is 0 Å². The highest BCUT2D eigenvalue weighted by molar-refractivity contribution is 5.75. The minimum atomic E-state index is -0.108. The van der Waals surface area contributed by atoms with Crippen LogP contribution in [0.1, 0.15) is 19.3 Å². The number of amides is 1. The van der Waals surface area contributed by atoms with Gasteiger partial charge in [0.05, 0.1) is 0 Å². The fourth-order valence-corrected chi connectivity index (χ4v) is 1.80. The van der Waals surface area contributed by atoms with Gasteiger partial charge in [0.2, 0.25) is 5.91 Å². The van der Waals surface area contributed by atoms with E-state index in [0.717, 1.165) is 32.5 Å². The topological polar surface area (TPSA) is 78.6 Å². The molecule has 1 rings (SSSR count). The number of nitrogens with one attached hydrogen (secondary N) is 1. The number of nitrogens with zero attached hydrogens (tertiary/aromatic N) is 1. The maximum absolute atomic E-state index is 10.8. The Morgan fingerprint density at radius 2 is 2.43 bits per heavy atom. The third kappa shape index (κ3) is 3.61. The Morgan fingerprint density at radius 3 is 3.00 bits per heavy atom. The monoisotopic (exact) mass is 201 g/mol. The maximum atomic E-state index is 10.8. The van der Waals surface area contributed by atoms with Crippen molar-refractivity contribution in [2.24, 2.45) is 11.8 Å². The van der Waals surface area contributed by atoms with E-state index in [1.54, 1.807) is 0 Å². The molecular weight excluding hydrogens is 182 g/mol. The van der Waals surface area contributed by atoms with Crippen LogP contribution < -0.4 is 11.3 Å². The van der Waals surface area contributed by atoms with Gasteiger partial charge in [-0.25, -0.2) is 5.84 Å². The zero-order chi connectivity index (χ0) is 10.4. The average molecular weight is 201 g/mol. The first kappa shape index (κ1) is 11.4. The van der Waals surface area contributed by atoms with E-state index in [-0.39, 0.29) is 12.5 Å². The minimum Gasteiger partial charge on any atom is -0.396 e. The zero-order valence-corrected chi connectivity index (χ0v) is 8.41. The molecule has 14 heavy (non-hydrogen) atoms. The molecule has 0 spiro atoms. The predicted molar refractivity (Wildman–Crippen MR) is 53.2 cm³/mol. The van der Waals surface area contributed by atoms with E-state index in [2.05, 4.69) is 10.3 Å². The molecule has 0 saturated carbocycles. The predicted octanol–water partition coefficient (Wildman–Crippen LogP) is -0.929. The van der Waals surface area contributed by atoms with Crippen LogP contribution in [0.15, 0.2) is 0 Å². The Balaban J connectivity index is 2.05. The Hall–Kier alpha value is -0.650. The molecule has 82 valence electrons. The fraction of sp³-hybridized carbons (Fsp3) is 0.889. The van der Waals surface area contributed by atoms with Crippen LogP contribution in [0.3, 0.4) is 0 Å². The molecule has 0 aromatic rings. The molecule has 1 unspecified atom stereocenters. The summed E-state index contributed by atoms with van der Waals surface area (Å²) in [6.07, 6.45) is 2.39. The van der Waals surface area contributed by atoms with Gasteiger partial charge in [0, 0.05) is 19.6 Å². The van der Waals surface area contributed by atoms with Gasteiger partial charge < -0.3 is 10.0 Å². The molecule has 1 amide bonds. The number of hydrazine groups is 1. The SMILES string of the molecule is NNC(=O)CCCN1CCC(CO)C1. The molecule has 1 fully saturated rings. The highest BCUT2D eigenvalue weighted by Gasteiger charge is 2.20. The number of carbonyl (C=O) groups is 1. The minimum absolute atomic E-state index is 0.108. The lowest BCUT2D eigenvalue weighted by atomic mass is 10.1. The molecule has 1 aliphatic rings. The Kier molecular flexibility index (Phi) is 4.86. The van der Waals surface area contributed by atoms with Gasteiger partial charge >= 0.3 is 0 Å². The van der Waals surface area contributed by atoms with Crippen LogP contribution in [0.4, 0.5) is 0 Å². The number of rotatable bonds is 5. The second-order valence-electron chi connectivity index (χ2n) is 3.81. The fourth-order valence-electron chi connectivity index (χ4n) is 1.80. The normalized spacial score (nSPS) is 22.6. The van der Waals surface area contributed by atoms with E-state index in [9.17, 15) is 4.79 Å².